The van der Waals surface area contributed by atoms with E-state index in [1.165, 1.54) is 35.1 Å². The predicted octanol–water partition coefficient (Wildman–Crippen LogP) is 3.45. The summed E-state index contributed by atoms with van der Waals surface area (Å²) in [5.74, 6) is -0.336. The number of fused-ring (bicyclic) bond motifs is 1. The van der Waals surface area contributed by atoms with Gasteiger partial charge in [-0.2, -0.15) is 5.10 Å². The standard InChI is InChI=1S/C16H16F3N4O2P.ClH/c1-26(2,24)13-7-8-21-15-14(13)12(9-20)22-23(15)10-3-5-11(6-4-10)25-16(17,18)19;/h3-8H,9,20H2,1-2H3;1H. The Balaban J connectivity index is 0.00000261. The first-order valence-corrected chi connectivity index (χ1v) is 10.2. The monoisotopic (exact) mass is 420 g/mol. The van der Waals surface area contributed by atoms with Crippen molar-refractivity contribution in [2.24, 2.45) is 5.73 Å². The van der Waals surface area contributed by atoms with Crippen LogP contribution >= 0.6 is 19.5 Å². The molecule has 0 spiro atoms. The lowest BCUT2D eigenvalue weighted by molar-refractivity contribution is -0.274. The highest BCUT2D eigenvalue weighted by Gasteiger charge is 2.31. The van der Waals surface area contributed by atoms with Gasteiger partial charge in [-0.15, -0.1) is 25.6 Å². The van der Waals surface area contributed by atoms with Gasteiger partial charge in [0.25, 0.3) is 0 Å². The van der Waals surface area contributed by atoms with Gasteiger partial charge in [0.2, 0.25) is 0 Å². The Morgan fingerprint density at radius 1 is 1.19 bits per heavy atom. The highest BCUT2D eigenvalue weighted by atomic mass is 35.5. The van der Waals surface area contributed by atoms with E-state index in [1.54, 1.807) is 19.4 Å². The van der Waals surface area contributed by atoms with Crippen molar-refractivity contribution < 1.29 is 22.5 Å². The molecule has 0 radical (unpaired) electrons. The van der Waals surface area contributed by atoms with Crippen LogP contribution in [-0.4, -0.2) is 34.5 Å². The van der Waals surface area contributed by atoms with Crippen molar-refractivity contribution in [3.05, 3.63) is 42.2 Å². The second kappa shape index (κ2) is 7.50. The maximum atomic E-state index is 12.6. The summed E-state index contributed by atoms with van der Waals surface area (Å²) in [6.07, 6.45) is -3.23. The summed E-state index contributed by atoms with van der Waals surface area (Å²) < 4.78 is 54.8. The van der Waals surface area contributed by atoms with Crippen LogP contribution in [0.1, 0.15) is 5.69 Å². The number of benzene rings is 1. The van der Waals surface area contributed by atoms with Gasteiger partial charge in [-0.3, -0.25) is 0 Å². The first-order valence-electron chi connectivity index (χ1n) is 7.58. The van der Waals surface area contributed by atoms with Crippen LogP contribution in [-0.2, 0) is 11.1 Å². The third-order valence-corrected chi connectivity index (χ3v) is 5.24. The van der Waals surface area contributed by atoms with Crippen molar-refractivity contribution >= 4 is 35.9 Å². The zero-order valence-electron chi connectivity index (χ0n) is 14.4. The average molecular weight is 421 g/mol. The van der Waals surface area contributed by atoms with Gasteiger partial charge in [-0.05, 0) is 43.7 Å². The molecule has 2 N–H and O–H groups in total. The first-order chi connectivity index (χ1) is 12.1. The van der Waals surface area contributed by atoms with E-state index in [9.17, 15) is 17.7 Å². The lowest BCUT2D eigenvalue weighted by Gasteiger charge is -2.10. The minimum Gasteiger partial charge on any atom is -0.406 e. The van der Waals surface area contributed by atoms with Crippen LogP contribution in [0.2, 0.25) is 0 Å². The van der Waals surface area contributed by atoms with Crippen LogP contribution in [0.4, 0.5) is 13.2 Å². The number of halogens is 4. The molecule has 0 bridgehead atoms. The smallest absolute Gasteiger partial charge is 0.406 e. The maximum absolute atomic E-state index is 12.6. The molecule has 2 heterocycles. The summed E-state index contributed by atoms with van der Waals surface area (Å²) in [6, 6.07) is 6.91. The van der Waals surface area contributed by atoms with Crippen molar-refractivity contribution in [1.82, 2.24) is 14.8 Å². The summed E-state index contributed by atoms with van der Waals surface area (Å²) in [6.45, 7) is 3.39. The number of hydrogen-bond donors (Lipinski definition) is 1. The van der Waals surface area contributed by atoms with E-state index in [4.69, 9.17) is 5.73 Å². The molecule has 0 aliphatic rings. The molecule has 0 fully saturated rings. The summed E-state index contributed by atoms with van der Waals surface area (Å²) in [5.41, 5.74) is 7.21. The highest BCUT2D eigenvalue weighted by Crippen LogP contribution is 2.38. The molecule has 1 aromatic carbocycles. The Morgan fingerprint density at radius 2 is 1.81 bits per heavy atom. The fourth-order valence-electron chi connectivity index (χ4n) is 2.66. The largest absolute Gasteiger partial charge is 0.573 e. The van der Waals surface area contributed by atoms with Crippen molar-refractivity contribution in [3.8, 4) is 11.4 Å². The zero-order valence-corrected chi connectivity index (χ0v) is 16.1. The van der Waals surface area contributed by atoms with E-state index in [1.807, 2.05) is 0 Å². The van der Waals surface area contributed by atoms with E-state index in [2.05, 4.69) is 14.8 Å². The van der Waals surface area contributed by atoms with Crippen LogP contribution in [0.15, 0.2) is 36.5 Å². The van der Waals surface area contributed by atoms with Crippen molar-refractivity contribution in [3.63, 3.8) is 0 Å². The molecule has 0 aliphatic carbocycles. The Labute approximate surface area is 159 Å². The molecule has 2 aromatic heterocycles. The SMILES string of the molecule is CP(C)(=O)c1ccnc2c1c(CN)nn2-c1ccc(OC(F)(F)F)cc1.Cl. The molecule has 0 amide bonds. The second-order valence-electron chi connectivity index (χ2n) is 5.98. The summed E-state index contributed by atoms with van der Waals surface area (Å²) in [4.78, 5) is 4.29. The topological polar surface area (TPSA) is 83.0 Å². The number of rotatable bonds is 4. The molecule has 11 heteroatoms. The number of alkyl halides is 3. The minimum absolute atomic E-state index is 0. The third kappa shape index (κ3) is 4.43. The Morgan fingerprint density at radius 3 is 2.33 bits per heavy atom. The number of nitrogens with zero attached hydrogens (tertiary/aromatic N) is 3. The van der Waals surface area contributed by atoms with Gasteiger partial charge < -0.3 is 15.0 Å². The van der Waals surface area contributed by atoms with Crippen LogP contribution in [0.3, 0.4) is 0 Å². The molecule has 146 valence electrons. The van der Waals surface area contributed by atoms with Gasteiger partial charge in [0.05, 0.1) is 16.8 Å². The lowest BCUT2D eigenvalue weighted by atomic mass is 10.2. The molecular formula is C16H17ClF3N4O2P. The zero-order chi connectivity index (χ0) is 19.1. The van der Waals surface area contributed by atoms with E-state index < -0.39 is 13.5 Å². The molecule has 6 nitrogen and oxygen atoms in total. The van der Waals surface area contributed by atoms with Gasteiger partial charge in [-0.1, -0.05) is 0 Å². The number of pyridine rings is 1. The fourth-order valence-corrected chi connectivity index (χ4v) is 3.85. The fraction of sp³-hybridized carbons (Fsp3) is 0.250. The van der Waals surface area contributed by atoms with Gasteiger partial charge in [0, 0.05) is 18.0 Å². The number of hydrogen-bond acceptors (Lipinski definition) is 5. The van der Waals surface area contributed by atoms with E-state index >= 15 is 0 Å². The number of aromatic nitrogens is 3. The summed E-state index contributed by atoms with van der Waals surface area (Å²) in [7, 11) is -2.61. The molecule has 0 unspecified atom stereocenters. The molecule has 0 saturated carbocycles. The first kappa shape index (κ1) is 21.2. The minimum atomic E-state index is -4.76. The quantitative estimate of drug-likeness (QED) is 0.654. The van der Waals surface area contributed by atoms with Gasteiger partial charge in [0.15, 0.2) is 5.65 Å². The van der Waals surface area contributed by atoms with Crippen molar-refractivity contribution in [2.75, 3.05) is 13.3 Å². The van der Waals surface area contributed by atoms with Crippen LogP contribution in [0, 0.1) is 0 Å². The molecule has 0 atom stereocenters. The number of nitrogens with two attached hydrogens (primary N) is 1. The van der Waals surface area contributed by atoms with Crippen LogP contribution < -0.4 is 15.8 Å². The molecule has 3 aromatic rings. The van der Waals surface area contributed by atoms with Crippen LogP contribution in [0.25, 0.3) is 16.7 Å². The molecule has 0 aliphatic heterocycles. The average Bonchev–Trinajstić information content (AvgIpc) is 2.92. The third-order valence-electron chi connectivity index (χ3n) is 3.71. The van der Waals surface area contributed by atoms with Gasteiger partial charge in [-0.25, -0.2) is 9.67 Å². The van der Waals surface area contributed by atoms with Crippen molar-refractivity contribution in [1.29, 1.82) is 0 Å². The molecule has 3 rings (SSSR count). The molecular weight excluding hydrogens is 404 g/mol. The van der Waals surface area contributed by atoms with Gasteiger partial charge in [0.1, 0.15) is 12.9 Å². The Kier molecular flexibility index (Phi) is 5.89. The Bertz CT molecular complexity index is 999. The summed E-state index contributed by atoms with van der Waals surface area (Å²) >= 11 is 0. The normalized spacial score (nSPS) is 12.1. The second-order valence-corrected chi connectivity index (χ2v) is 9.17. The Hall–Kier alpha value is -2.09. The summed E-state index contributed by atoms with van der Waals surface area (Å²) in [5, 5.41) is 5.63. The lowest BCUT2D eigenvalue weighted by Crippen LogP contribution is -2.17. The van der Waals surface area contributed by atoms with E-state index in [0.29, 0.717) is 27.7 Å². The van der Waals surface area contributed by atoms with Gasteiger partial charge >= 0.3 is 6.36 Å². The molecule has 27 heavy (non-hydrogen) atoms. The highest BCUT2D eigenvalue weighted by molar-refractivity contribution is 7.70. The molecule has 0 saturated heterocycles. The van der Waals surface area contributed by atoms with Crippen molar-refractivity contribution in [2.45, 2.75) is 12.9 Å². The van der Waals surface area contributed by atoms with Crippen LogP contribution in [0.5, 0.6) is 5.75 Å². The number of ether oxygens (including phenoxy) is 1. The van der Waals surface area contributed by atoms with E-state index in [0.717, 1.165) is 0 Å². The maximum Gasteiger partial charge on any atom is 0.573 e. The van der Waals surface area contributed by atoms with E-state index in [-0.39, 0.29) is 24.7 Å². The predicted molar refractivity (Wildman–Crippen MR) is 99.8 cm³/mol.